The van der Waals surface area contributed by atoms with Crippen molar-refractivity contribution in [1.82, 2.24) is 15.5 Å². The molecule has 1 aliphatic rings. The van der Waals surface area contributed by atoms with Crippen LogP contribution in [0.2, 0.25) is 5.15 Å². The first-order chi connectivity index (χ1) is 7.75. The molecule has 0 saturated heterocycles. The number of rotatable bonds is 5. The summed E-state index contributed by atoms with van der Waals surface area (Å²) in [6.45, 7) is 1.23. The molecule has 1 saturated carbocycles. The molecule has 0 aliphatic heterocycles. The molecule has 0 bridgehead atoms. The van der Waals surface area contributed by atoms with Crippen LogP contribution in [0.4, 0.5) is 5.82 Å². The minimum atomic E-state index is 0.156. The molecule has 16 heavy (non-hydrogen) atoms. The molecule has 0 unspecified atom stereocenters. The molecule has 6 heteroatoms. The summed E-state index contributed by atoms with van der Waals surface area (Å²) in [6, 6.07) is 3.41. The van der Waals surface area contributed by atoms with Crippen LogP contribution in [-0.4, -0.2) is 29.2 Å². The van der Waals surface area contributed by atoms with E-state index in [1.165, 1.54) is 0 Å². The van der Waals surface area contributed by atoms with Gasteiger partial charge in [-0.1, -0.05) is 11.6 Å². The standard InChI is InChI=1S/C10H13ClN4O/c11-8-3-4-9(15-14-8)12-5-6-13-10(16)7-1-2-7/h3-4,7H,1-2,5-6H2,(H,12,15)(H,13,16). The predicted octanol–water partition coefficient (Wildman–Crippen LogP) is 1.07. The molecule has 0 atom stereocenters. The molecule has 1 aromatic heterocycles. The van der Waals surface area contributed by atoms with Crippen molar-refractivity contribution in [2.45, 2.75) is 12.8 Å². The van der Waals surface area contributed by atoms with Gasteiger partial charge in [-0.15, -0.1) is 10.2 Å². The quantitative estimate of drug-likeness (QED) is 0.756. The number of anilines is 1. The monoisotopic (exact) mass is 240 g/mol. The third kappa shape index (κ3) is 3.34. The number of aromatic nitrogens is 2. The molecular formula is C10H13ClN4O. The fourth-order valence-corrected chi connectivity index (χ4v) is 1.38. The lowest BCUT2D eigenvalue weighted by Crippen LogP contribution is -2.29. The molecule has 86 valence electrons. The van der Waals surface area contributed by atoms with Gasteiger partial charge in [0, 0.05) is 19.0 Å². The van der Waals surface area contributed by atoms with Gasteiger partial charge in [-0.2, -0.15) is 0 Å². The average Bonchev–Trinajstić information content (AvgIpc) is 3.10. The summed E-state index contributed by atoms with van der Waals surface area (Å²) in [7, 11) is 0. The van der Waals surface area contributed by atoms with Gasteiger partial charge in [0.1, 0.15) is 5.82 Å². The Hall–Kier alpha value is -1.36. The lowest BCUT2D eigenvalue weighted by atomic mass is 10.4. The van der Waals surface area contributed by atoms with Gasteiger partial charge in [0.2, 0.25) is 5.91 Å². The molecule has 0 spiro atoms. The van der Waals surface area contributed by atoms with E-state index in [1.54, 1.807) is 12.1 Å². The zero-order valence-corrected chi connectivity index (χ0v) is 9.50. The maximum Gasteiger partial charge on any atom is 0.223 e. The van der Waals surface area contributed by atoms with E-state index in [0.717, 1.165) is 12.8 Å². The second-order valence-corrected chi connectivity index (χ2v) is 4.12. The topological polar surface area (TPSA) is 66.9 Å². The van der Waals surface area contributed by atoms with Crippen LogP contribution in [0.25, 0.3) is 0 Å². The van der Waals surface area contributed by atoms with Crippen molar-refractivity contribution in [3.8, 4) is 0 Å². The Morgan fingerprint density at radius 1 is 1.38 bits per heavy atom. The van der Waals surface area contributed by atoms with Gasteiger partial charge < -0.3 is 10.6 Å². The SMILES string of the molecule is O=C(NCCNc1ccc(Cl)nn1)C1CC1. The van der Waals surface area contributed by atoms with Gasteiger partial charge in [-0.3, -0.25) is 4.79 Å². The second kappa shape index (κ2) is 5.12. The molecule has 0 radical (unpaired) electrons. The smallest absolute Gasteiger partial charge is 0.223 e. The van der Waals surface area contributed by atoms with Crippen LogP contribution in [0.5, 0.6) is 0 Å². The Balaban J connectivity index is 1.63. The average molecular weight is 241 g/mol. The van der Waals surface area contributed by atoms with Gasteiger partial charge in [0.05, 0.1) is 0 Å². The summed E-state index contributed by atoms with van der Waals surface area (Å²) in [5.41, 5.74) is 0. The van der Waals surface area contributed by atoms with Gasteiger partial charge in [-0.05, 0) is 25.0 Å². The maximum atomic E-state index is 11.3. The van der Waals surface area contributed by atoms with E-state index in [4.69, 9.17) is 11.6 Å². The first-order valence-corrected chi connectivity index (χ1v) is 5.64. The van der Waals surface area contributed by atoms with Crippen molar-refractivity contribution in [2.75, 3.05) is 18.4 Å². The molecular weight excluding hydrogens is 228 g/mol. The highest BCUT2D eigenvalue weighted by Crippen LogP contribution is 2.28. The normalized spacial score (nSPS) is 14.6. The highest BCUT2D eigenvalue weighted by atomic mass is 35.5. The van der Waals surface area contributed by atoms with Crippen LogP contribution in [0.3, 0.4) is 0 Å². The zero-order valence-electron chi connectivity index (χ0n) is 8.74. The van der Waals surface area contributed by atoms with Gasteiger partial charge in [0.25, 0.3) is 0 Å². The van der Waals surface area contributed by atoms with Crippen molar-refractivity contribution in [1.29, 1.82) is 0 Å². The van der Waals surface area contributed by atoms with Gasteiger partial charge >= 0.3 is 0 Å². The lowest BCUT2D eigenvalue weighted by molar-refractivity contribution is -0.122. The molecule has 1 amide bonds. The largest absolute Gasteiger partial charge is 0.367 e. The van der Waals surface area contributed by atoms with Gasteiger partial charge in [-0.25, -0.2) is 0 Å². The minimum absolute atomic E-state index is 0.156. The van der Waals surface area contributed by atoms with Crippen LogP contribution >= 0.6 is 11.6 Å². The van der Waals surface area contributed by atoms with Crippen LogP contribution in [0.15, 0.2) is 12.1 Å². The van der Waals surface area contributed by atoms with Crippen LogP contribution < -0.4 is 10.6 Å². The van der Waals surface area contributed by atoms with Crippen molar-refractivity contribution >= 4 is 23.3 Å². The third-order valence-electron chi connectivity index (χ3n) is 2.31. The Labute approximate surface area is 98.6 Å². The fraction of sp³-hybridized carbons (Fsp3) is 0.500. The van der Waals surface area contributed by atoms with Crippen molar-refractivity contribution in [3.63, 3.8) is 0 Å². The maximum absolute atomic E-state index is 11.3. The van der Waals surface area contributed by atoms with Crippen LogP contribution in [0.1, 0.15) is 12.8 Å². The van der Waals surface area contributed by atoms with E-state index in [0.29, 0.717) is 24.1 Å². The van der Waals surface area contributed by atoms with Crippen LogP contribution in [-0.2, 0) is 4.79 Å². The Morgan fingerprint density at radius 2 is 2.19 bits per heavy atom. The molecule has 1 aliphatic carbocycles. The first kappa shape index (κ1) is 11.1. The van der Waals surface area contributed by atoms with E-state index in [2.05, 4.69) is 20.8 Å². The number of hydrogen-bond donors (Lipinski definition) is 2. The van der Waals surface area contributed by atoms with Gasteiger partial charge in [0.15, 0.2) is 5.15 Å². The molecule has 5 nitrogen and oxygen atoms in total. The lowest BCUT2D eigenvalue weighted by Gasteiger charge is -2.06. The Morgan fingerprint density at radius 3 is 2.81 bits per heavy atom. The molecule has 2 rings (SSSR count). The Bertz CT molecular complexity index is 364. The molecule has 1 heterocycles. The van der Waals surface area contributed by atoms with Crippen LogP contribution in [0, 0.1) is 5.92 Å². The summed E-state index contributed by atoms with van der Waals surface area (Å²) in [4.78, 5) is 11.3. The summed E-state index contributed by atoms with van der Waals surface area (Å²) in [5, 5.41) is 13.8. The van der Waals surface area contributed by atoms with Crippen molar-refractivity contribution in [3.05, 3.63) is 17.3 Å². The van der Waals surface area contributed by atoms with E-state index in [9.17, 15) is 4.79 Å². The predicted molar refractivity (Wildman–Crippen MR) is 61.3 cm³/mol. The van der Waals surface area contributed by atoms with E-state index in [1.807, 2.05) is 0 Å². The highest BCUT2D eigenvalue weighted by Gasteiger charge is 2.28. The number of hydrogen-bond acceptors (Lipinski definition) is 4. The molecule has 0 aromatic carbocycles. The van der Waals surface area contributed by atoms with Crippen molar-refractivity contribution in [2.24, 2.45) is 5.92 Å². The zero-order chi connectivity index (χ0) is 11.4. The highest BCUT2D eigenvalue weighted by molar-refractivity contribution is 6.29. The summed E-state index contributed by atoms with van der Waals surface area (Å²) in [5.74, 6) is 1.07. The number of amides is 1. The number of halogens is 1. The summed E-state index contributed by atoms with van der Waals surface area (Å²) >= 11 is 5.60. The fourth-order valence-electron chi connectivity index (χ4n) is 1.28. The molecule has 1 aromatic rings. The number of carbonyl (C=O) groups excluding carboxylic acids is 1. The van der Waals surface area contributed by atoms with E-state index < -0.39 is 0 Å². The summed E-state index contributed by atoms with van der Waals surface area (Å²) in [6.07, 6.45) is 2.06. The number of nitrogens with one attached hydrogen (secondary N) is 2. The van der Waals surface area contributed by atoms with Crippen molar-refractivity contribution < 1.29 is 4.79 Å². The molecule has 2 N–H and O–H groups in total. The van der Waals surface area contributed by atoms with E-state index >= 15 is 0 Å². The second-order valence-electron chi connectivity index (χ2n) is 3.73. The Kier molecular flexibility index (Phi) is 3.56. The number of nitrogens with zero attached hydrogens (tertiary/aromatic N) is 2. The first-order valence-electron chi connectivity index (χ1n) is 5.26. The minimum Gasteiger partial charge on any atom is -0.367 e. The van der Waals surface area contributed by atoms with E-state index in [-0.39, 0.29) is 11.8 Å². The summed E-state index contributed by atoms with van der Waals surface area (Å²) < 4.78 is 0. The molecule has 1 fully saturated rings. The number of carbonyl (C=O) groups is 1. The third-order valence-corrected chi connectivity index (χ3v) is 2.51.